The Bertz CT molecular complexity index is 1460. The summed E-state index contributed by atoms with van der Waals surface area (Å²) in [7, 11) is 0. The van der Waals surface area contributed by atoms with E-state index in [-0.39, 0.29) is 25.6 Å². The molecule has 2 N–H and O–H groups in total. The minimum Gasteiger partial charge on any atom is -0.462 e. The fraction of sp³-hybridized carbons (Fsp3) is 0.182. The number of anilines is 1. The van der Waals surface area contributed by atoms with Crippen LogP contribution in [-0.4, -0.2) is 37.2 Å². The van der Waals surface area contributed by atoms with E-state index in [2.05, 4.69) is 34.9 Å². The van der Waals surface area contributed by atoms with Crippen LogP contribution in [-0.2, 0) is 20.7 Å². The number of hydrogen-bond donors (Lipinski definition) is 2. The van der Waals surface area contributed by atoms with E-state index in [1.165, 1.54) is 0 Å². The first kappa shape index (κ1) is 26.7. The van der Waals surface area contributed by atoms with Crippen LogP contribution >= 0.6 is 0 Å². The number of carbonyl (C=O) groups excluding carboxylic acids is 3. The minimum atomic E-state index is -0.886. The first-order valence-corrected chi connectivity index (χ1v) is 13.3. The monoisotopic (exact) mass is 534 g/mol. The van der Waals surface area contributed by atoms with Gasteiger partial charge in [-0.2, -0.15) is 0 Å². The van der Waals surface area contributed by atoms with E-state index in [9.17, 15) is 14.4 Å². The van der Waals surface area contributed by atoms with Gasteiger partial charge in [0.15, 0.2) is 0 Å². The van der Waals surface area contributed by atoms with Crippen LogP contribution in [0, 0.1) is 0 Å². The van der Waals surface area contributed by atoms with Crippen molar-refractivity contribution in [1.82, 2.24) is 5.32 Å². The van der Waals surface area contributed by atoms with E-state index in [4.69, 9.17) is 9.47 Å². The SMILES string of the molecule is CCOC(=O)c1ccc(NC(=O)[C@H](Cc2ccccc2)NC(=O)OCC2c3ccccc3-c3ccccc32)cc1. The number of carbonyl (C=O) groups is 3. The first-order chi connectivity index (χ1) is 19.5. The molecule has 0 saturated carbocycles. The van der Waals surface area contributed by atoms with Crippen molar-refractivity contribution in [2.24, 2.45) is 0 Å². The van der Waals surface area contributed by atoms with Crippen molar-refractivity contribution in [2.45, 2.75) is 25.3 Å². The van der Waals surface area contributed by atoms with Crippen molar-refractivity contribution in [2.75, 3.05) is 18.5 Å². The van der Waals surface area contributed by atoms with Crippen LogP contribution in [0.3, 0.4) is 0 Å². The summed E-state index contributed by atoms with van der Waals surface area (Å²) in [5, 5.41) is 5.58. The van der Waals surface area contributed by atoms with E-state index >= 15 is 0 Å². The summed E-state index contributed by atoms with van der Waals surface area (Å²) in [5.74, 6) is -0.919. The lowest BCUT2D eigenvalue weighted by molar-refractivity contribution is -0.118. The topological polar surface area (TPSA) is 93.7 Å². The van der Waals surface area contributed by atoms with Crippen LogP contribution in [0.25, 0.3) is 11.1 Å². The predicted octanol–water partition coefficient (Wildman–Crippen LogP) is 5.95. The molecule has 0 radical (unpaired) electrons. The van der Waals surface area contributed by atoms with Gasteiger partial charge in [-0.15, -0.1) is 0 Å². The van der Waals surface area contributed by atoms with E-state index in [0.29, 0.717) is 11.3 Å². The van der Waals surface area contributed by atoms with Gasteiger partial charge in [0.25, 0.3) is 0 Å². The zero-order valence-corrected chi connectivity index (χ0v) is 22.1. The maximum atomic E-state index is 13.3. The summed E-state index contributed by atoms with van der Waals surface area (Å²) >= 11 is 0. The zero-order valence-electron chi connectivity index (χ0n) is 22.1. The van der Waals surface area contributed by atoms with Crippen molar-refractivity contribution in [3.8, 4) is 11.1 Å². The fourth-order valence-corrected chi connectivity index (χ4v) is 4.97. The number of hydrogen-bond acceptors (Lipinski definition) is 5. The molecular formula is C33H30N2O5. The third-order valence-electron chi connectivity index (χ3n) is 6.90. The van der Waals surface area contributed by atoms with Crippen LogP contribution in [0.1, 0.15) is 39.9 Å². The Morgan fingerprint density at radius 1 is 0.750 bits per heavy atom. The van der Waals surface area contributed by atoms with Crippen LogP contribution < -0.4 is 10.6 Å². The van der Waals surface area contributed by atoms with E-state index in [1.54, 1.807) is 31.2 Å². The van der Waals surface area contributed by atoms with Crippen LogP contribution in [0.2, 0.25) is 0 Å². The zero-order chi connectivity index (χ0) is 27.9. The number of alkyl carbamates (subject to hydrolysis) is 1. The van der Waals surface area contributed by atoms with Crippen LogP contribution in [0.4, 0.5) is 10.5 Å². The van der Waals surface area contributed by atoms with E-state index < -0.39 is 24.0 Å². The Labute approximate surface area is 233 Å². The molecule has 0 saturated heterocycles. The average Bonchev–Trinajstić information content (AvgIpc) is 3.30. The smallest absolute Gasteiger partial charge is 0.407 e. The quantitative estimate of drug-likeness (QED) is 0.259. The fourth-order valence-electron chi connectivity index (χ4n) is 4.97. The number of nitrogens with one attached hydrogen (secondary N) is 2. The van der Waals surface area contributed by atoms with Crippen LogP contribution in [0.5, 0.6) is 0 Å². The molecule has 0 fully saturated rings. The molecule has 1 aliphatic rings. The highest BCUT2D eigenvalue weighted by molar-refractivity contribution is 5.97. The molecule has 4 aromatic rings. The lowest BCUT2D eigenvalue weighted by Crippen LogP contribution is -2.45. The molecule has 40 heavy (non-hydrogen) atoms. The normalized spacial score (nSPS) is 12.5. The maximum Gasteiger partial charge on any atom is 0.407 e. The third kappa shape index (κ3) is 6.04. The highest BCUT2D eigenvalue weighted by Crippen LogP contribution is 2.44. The molecule has 0 aromatic heterocycles. The first-order valence-electron chi connectivity index (χ1n) is 13.3. The Balaban J connectivity index is 1.27. The molecule has 5 rings (SSSR count). The number of fused-ring (bicyclic) bond motifs is 3. The molecule has 1 aliphatic carbocycles. The lowest BCUT2D eigenvalue weighted by atomic mass is 9.98. The predicted molar refractivity (Wildman–Crippen MR) is 153 cm³/mol. The molecular weight excluding hydrogens is 504 g/mol. The minimum absolute atomic E-state index is 0.0857. The van der Waals surface area contributed by atoms with E-state index in [0.717, 1.165) is 27.8 Å². The number of benzene rings is 4. The highest BCUT2D eigenvalue weighted by atomic mass is 16.5. The number of ether oxygens (including phenoxy) is 2. The second kappa shape index (κ2) is 12.3. The van der Waals surface area contributed by atoms with E-state index in [1.807, 2.05) is 54.6 Å². The Morgan fingerprint density at radius 3 is 1.98 bits per heavy atom. The largest absolute Gasteiger partial charge is 0.462 e. The molecule has 4 aromatic carbocycles. The van der Waals surface area contributed by atoms with Crippen molar-refractivity contribution in [3.63, 3.8) is 0 Å². The Morgan fingerprint density at radius 2 is 1.35 bits per heavy atom. The maximum absolute atomic E-state index is 13.3. The molecule has 0 aliphatic heterocycles. The number of esters is 1. The van der Waals surface area contributed by atoms with Gasteiger partial charge in [-0.3, -0.25) is 4.79 Å². The van der Waals surface area contributed by atoms with Gasteiger partial charge in [0.05, 0.1) is 12.2 Å². The number of rotatable bonds is 9. The van der Waals surface area contributed by atoms with Gasteiger partial charge < -0.3 is 20.1 Å². The lowest BCUT2D eigenvalue weighted by Gasteiger charge is -2.20. The second-order valence-electron chi connectivity index (χ2n) is 9.50. The van der Waals surface area contributed by atoms with Crippen molar-refractivity contribution < 1.29 is 23.9 Å². The summed E-state index contributed by atoms with van der Waals surface area (Å²) in [6, 6.07) is 31.2. The second-order valence-corrected chi connectivity index (χ2v) is 9.50. The summed E-state index contributed by atoms with van der Waals surface area (Å²) in [6.07, 6.45) is -0.395. The number of amides is 2. The molecule has 7 heteroatoms. The van der Waals surface area contributed by atoms with Crippen molar-refractivity contribution in [1.29, 1.82) is 0 Å². The van der Waals surface area contributed by atoms with Crippen molar-refractivity contribution >= 4 is 23.7 Å². The highest BCUT2D eigenvalue weighted by Gasteiger charge is 2.30. The van der Waals surface area contributed by atoms with Gasteiger partial charge in [0.1, 0.15) is 12.6 Å². The van der Waals surface area contributed by atoms with Gasteiger partial charge in [0.2, 0.25) is 5.91 Å². The average molecular weight is 535 g/mol. The molecule has 0 unspecified atom stereocenters. The molecule has 202 valence electrons. The molecule has 0 heterocycles. The molecule has 2 amide bonds. The van der Waals surface area contributed by atoms with Gasteiger partial charge in [-0.1, -0.05) is 78.9 Å². The van der Waals surface area contributed by atoms with Gasteiger partial charge >= 0.3 is 12.1 Å². The molecule has 7 nitrogen and oxygen atoms in total. The molecule has 0 spiro atoms. The molecule has 0 bridgehead atoms. The van der Waals surface area contributed by atoms with Gasteiger partial charge in [-0.25, -0.2) is 9.59 Å². The van der Waals surface area contributed by atoms with Crippen molar-refractivity contribution in [3.05, 3.63) is 125 Å². The van der Waals surface area contributed by atoms with Crippen LogP contribution in [0.15, 0.2) is 103 Å². The Hall–Kier alpha value is -4.91. The molecule has 1 atom stereocenters. The van der Waals surface area contributed by atoms with Gasteiger partial charge in [0, 0.05) is 18.0 Å². The summed E-state index contributed by atoms with van der Waals surface area (Å²) in [6.45, 7) is 2.16. The summed E-state index contributed by atoms with van der Waals surface area (Å²) < 4.78 is 10.7. The van der Waals surface area contributed by atoms with Gasteiger partial charge in [-0.05, 0) is 59.0 Å². The standard InChI is InChI=1S/C33H30N2O5/c1-2-39-32(37)23-16-18-24(19-17-23)34-31(36)30(20-22-10-4-3-5-11-22)35-33(38)40-21-29-27-14-8-6-12-25(27)26-13-7-9-15-28(26)29/h3-19,29-30H,2,20-21H2,1H3,(H,34,36)(H,35,38)/t30-/m0/s1. The summed E-state index contributed by atoms with van der Waals surface area (Å²) in [5.41, 5.74) is 6.27. The Kier molecular flexibility index (Phi) is 8.21. The summed E-state index contributed by atoms with van der Waals surface area (Å²) in [4.78, 5) is 38.2. The third-order valence-corrected chi connectivity index (χ3v) is 6.90.